The van der Waals surface area contributed by atoms with Crippen molar-refractivity contribution in [1.29, 1.82) is 0 Å². The van der Waals surface area contributed by atoms with Gasteiger partial charge < -0.3 is 10.2 Å². The smallest absolute Gasteiger partial charge is 0.264 e. The Morgan fingerprint density at radius 1 is 0.923 bits per heavy atom. The van der Waals surface area contributed by atoms with Gasteiger partial charge in [0.2, 0.25) is 11.8 Å². The van der Waals surface area contributed by atoms with Crippen LogP contribution in [0.15, 0.2) is 83.8 Å². The van der Waals surface area contributed by atoms with E-state index in [1.807, 2.05) is 6.07 Å². The Labute approximate surface area is 239 Å². The van der Waals surface area contributed by atoms with Gasteiger partial charge in [-0.2, -0.15) is 0 Å². The maximum Gasteiger partial charge on any atom is 0.264 e. The average Bonchev–Trinajstić information content (AvgIpc) is 3.43. The van der Waals surface area contributed by atoms with E-state index in [2.05, 4.69) is 5.32 Å². The summed E-state index contributed by atoms with van der Waals surface area (Å²) in [5, 5.41) is 3.87. The first-order chi connectivity index (χ1) is 18.6. The van der Waals surface area contributed by atoms with Crippen molar-refractivity contribution in [2.24, 2.45) is 0 Å². The first-order valence-corrected chi connectivity index (χ1v) is 15.0. The number of rotatable bonds is 10. The molecule has 206 valence electrons. The molecule has 1 aliphatic carbocycles. The lowest BCUT2D eigenvalue weighted by Gasteiger charge is -2.32. The summed E-state index contributed by atoms with van der Waals surface area (Å²) in [5.41, 5.74) is 0.960. The number of carbonyl (C=O) groups excluding carboxylic acids is 2. The summed E-state index contributed by atoms with van der Waals surface area (Å²) in [6, 6.07) is 20.5. The summed E-state index contributed by atoms with van der Waals surface area (Å²) in [4.78, 5) is 28.6. The first-order valence-electron chi connectivity index (χ1n) is 12.8. The second-order valence-electron chi connectivity index (χ2n) is 9.62. The standard InChI is InChI=1S/C29H31Cl2N3O4S/c1-21(29(36)32-25-12-5-6-13-25)33(19-22-9-7-10-23(30)17-22)28(35)20-34(26-14-8-11-24(31)18-26)39(37,38)27-15-3-2-4-16-27/h2-4,7-11,14-18,21,25H,5-6,12-13,19-20H2,1H3,(H,32,36)/t21-/m1/s1. The summed E-state index contributed by atoms with van der Waals surface area (Å²) in [5.74, 6) is -0.818. The molecule has 4 rings (SSSR count). The number of nitrogens with one attached hydrogen (secondary N) is 1. The van der Waals surface area contributed by atoms with Crippen LogP contribution in [0.25, 0.3) is 0 Å². The zero-order chi connectivity index (χ0) is 28.0. The largest absolute Gasteiger partial charge is 0.352 e. The monoisotopic (exact) mass is 587 g/mol. The van der Waals surface area contributed by atoms with Gasteiger partial charge in [-0.15, -0.1) is 0 Å². The fraction of sp³-hybridized carbons (Fsp3) is 0.310. The molecule has 0 aliphatic heterocycles. The van der Waals surface area contributed by atoms with Gasteiger partial charge in [0.1, 0.15) is 12.6 Å². The lowest BCUT2D eigenvalue weighted by Crippen LogP contribution is -2.52. The fourth-order valence-electron chi connectivity index (χ4n) is 4.69. The van der Waals surface area contributed by atoms with Crippen LogP contribution in [0.1, 0.15) is 38.2 Å². The van der Waals surface area contributed by atoms with Crippen LogP contribution in [0, 0.1) is 0 Å². The highest BCUT2D eigenvalue weighted by atomic mass is 35.5. The number of halogens is 2. The van der Waals surface area contributed by atoms with E-state index in [9.17, 15) is 18.0 Å². The Kier molecular flexibility index (Phi) is 9.53. The molecule has 1 atom stereocenters. The summed E-state index contributed by atoms with van der Waals surface area (Å²) in [7, 11) is -4.14. The molecule has 0 bridgehead atoms. The molecule has 1 saturated carbocycles. The molecule has 2 amide bonds. The maximum atomic E-state index is 13.9. The van der Waals surface area contributed by atoms with Gasteiger partial charge in [-0.1, -0.05) is 72.4 Å². The van der Waals surface area contributed by atoms with Crippen molar-refractivity contribution in [1.82, 2.24) is 10.2 Å². The van der Waals surface area contributed by atoms with Gasteiger partial charge in [0.05, 0.1) is 10.6 Å². The summed E-state index contributed by atoms with van der Waals surface area (Å²) in [6.45, 7) is 1.20. The van der Waals surface area contributed by atoms with E-state index in [1.165, 1.54) is 23.1 Å². The Balaban J connectivity index is 1.68. The van der Waals surface area contributed by atoms with Gasteiger partial charge >= 0.3 is 0 Å². The first kappa shape index (κ1) is 28.9. The number of hydrogen-bond donors (Lipinski definition) is 1. The lowest BCUT2D eigenvalue weighted by molar-refractivity contribution is -0.139. The maximum absolute atomic E-state index is 13.9. The van der Waals surface area contributed by atoms with Crippen molar-refractivity contribution >= 4 is 50.7 Å². The zero-order valence-electron chi connectivity index (χ0n) is 21.6. The number of benzene rings is 3. The second-order valence-corrected chi connectivity index (χ2v) is 12.4. The fourth-order valence-corrected chi connectivity index (χ4v) is 6.51. The Bertz CT molecular complexity index is 1410. The van der Waals surface area contributed by atoms with Gasteiger partial charge in [-0.3, -0.25) is 13.9 Å². The van der Waals surface area contributed by atoms with Crippen LogP contribution in [0.3, 0.4) is 0 Å². The Hall–Kier alpha value is -3.07. The molecule has 3 aromatic carbocycles. The topological polar surface area (TPSA) is 86.8 Å². The summed E-state index contributed by atoms with van der Waals surface area (Å²) in [6.07, 6.45) is 3.91. The molecular weight excluding hydrogens is 557 g/mol. The zero-order valence-corrected chi connectivity index (χ0v) is 23.9. The van der Waals surface area contributed by atoms with Crippen molar-refractivity contribution in [3.8, 4) is 0 Å². The Morgan fingerprint density at radius 3 is 2.21 bits per heavy atom. The van der Waals surface area contributed by atoms with Crippen LogP contribution in [-0.4, -0.2) is 43.8 Å². The van der Waals surface area contributed by atoms with Crippen molar-refractivity contribution in [3.05, 3.63) is 94.5 Å². The molecule has 0 aromatic heterocycles. The van der Waals surface area contributed by atoms with Crippen LogP contribution in [0.2, 0.25) is 10.0 Å². The van der Waals surface area contributed by atoms with E-state index in [1.54, 1.807) is 61.5 Å². The second kappa shape index (κ2) is 12.9. The number of sulfonamides is 1. The molecule has 1 N–H and O–H groups in total. The van der Waals surface area contributed by atoms with Gasteiger partial charge in [-0.25, -0.2) is 8.42 Å². The predicted octanol–water partition coefficient (Wildman–Crippen LogP) is 5.66. The van der Waals surface area contributed by atoms with Crippen LogP contribution in [0.4, 0.5) is 5.69 Å². The summed E-state index contributed by atoms with van der Waals surface area (Å²) >= 11 is 12.4. The van der Waals surface area contributed by atoms with Gasteiger partial charge in [0.15, 0.2) is 0 Å². The van der Waals surface area contributed by atoms with E-state index >= 15 is 0 Å². The predicted molar refractivity (Wildman–Crippen MR) is 154 cm³/mol. The molecular formula is C29H31Cl2N3O4S. The molecule has 0 unspecified atom stereocenters. The van der Waals surface area contributed by atoms with Crippen molar-refractivity contribution < 1.29 is 18.0 Å². The van der Waals surface area contributed by atoms with E-state index in [0.29, 0.717) is 10.0 Å². The quantitative estimate of drug-likeness (QED) is 0.331. The Morgan fingerprint density at radius 2 is 1.56 bits per heavy atom. The minimum absolute atomic E-state index is 0.0335. The van der Waals surface area contributed by atoms with E-state index < -0.39 is 28.5 Å². The highest BCUT2D eigenvalue weighted by Gasteiger charge is 2.33. The third-order valence-electron chi connectivity index (χ3n) is 6.82. The third kappa shape index (κ3) is 7.32. The van der Waals surface area contributed by atoms with Gasteiger partial charge in [0, 0.05) is 22.6 Å². The minimum atomic E-state index is -4.14. The number of anilines is 1. The molecule has 0 radical (unpaired) electrons. The van der Waals surface area contributed by atoms with Gasteiger partial charge in [0.25, 0.3) is 10.0 Å². The highest BCUT2D eigenvalue weighted by Crippen LogP contribution is 2.27. The van der Waals surface area contributed by atoms with Crippen molar-refractivity contribution in [2.45, 2.75) is 56.1 Å². The third-order valence-corrected chi connectivity index (χ3v) is 9.08. The molecule has 3 aromatic rings. The number of carbonyl (C=O) groups is 2. The average molecular weight is 589 g/mol. The van der Waals surface area contributed by atoms with Crippen LogP contribution < -0.4 is 9.62 Å². The van der Waals surface area contributed by atoms with Crippen LogP contribution in [0.5, 0.6) is 0 Å². The molecule has 0 saturated heterocycles. The minimum Gasteiger partial charge on any atom is -0.352 e. The molecule has 1 fully saturated rings. The number of nitrogens with zero attached hydrogens (tertiary/aromatic N) is 2. The lowest BCUT2D eigenvalue weighted by atomic mass is 10.1. The van der Waals surface area contributed by atoms with Crippen molar-refractivity contribution in [3.63, 3.8) is 0 Å². The van der Waals surface area contributed by atoms with Crippen LogP contribution in [-0.2, 0) is 26.2 Å². The molecule has 0 spiro atoms. The van der Waals surface area contributed by atoms with Crippen LogP contribution >= 0.6 is 23.2 Å². The normalized spacial score (nSPS) is 14.5. The highest BCUT2D eigenvalue weighted by molar-refractivity contribution is 7.92. The molecule has 7 nitrogen and oxygen atoms in total. The van der Waals surface area contributed by atoms with Gasteiger partial charge in [-0.05, 0) is 67.8 Å². The SMILES string of the molecule is C[C@H](C(=O)NC1CCCC1)N(Cc1cccc(Cl)c1)C(=O)CN(c1cccc(Cl)c1)S(=O)(=O)c1ccccc1. The number of amides is 2. The van der Waals surface area contributed by atoms with E-state index in [-0.39, 0.29) is 29.1 Å². The number of hydrogen-bond acceptors (Lipinski definition) is 4. The van der Waals surface area contributed by atoms with E-state index in [4.69, 9.17) is 23.2 Å². The molecule has 10 heteroatoms. The van der Waals surface area contributed by atoms with E-state index in [0.717, 1.165) is 35.6 Å². The molecule has 0 heterocycles. The molecule has 39 heavy (non-hydrogen) atoms. The van der Waals surface area contributed by atoms with Crippen molar-refractivity contribution in [2.75, 3.05) is 10.8 Å². The summed E-state index contributed by atoms with van der Waals surface area (Å²) < 4.78 is 28.5. The molecule has 1 aliphatic rings.